The SMILES string of the molecule is O=C(c1cc2cc(Cl)ccc2[nH]1)N1CCN(C(=O)C2CCCO2)CC1. The van der Waals surface area contributed by atoms with E-state index in [0.717, 1.165) is 23.7 Å². The maximum Gasteiger partial charge on any atom is 0.270 e. The van der Waals surface area contributed by atoms with Crippen LogP contribution in [0.5, 0.6) is 0 Å². The molecule has 4 rings (SSSR count). The minimum Gasteiger partial charge on any atom is -0.368 e. The van der Waals surface area contributed by atoms with Crippen LogP contribution < -0.4 is 0 Å². The summed E-state index contributed by atoms with van der Waals surface area (Å²) in [5.74, 6) is 0.0152. The van der Waals surface area contributed by atoms with Crippen molar-refractivity contribution in [3.63, 3.8) is 0 Å². The standard InChI is InChI=1S/C18H20ClN3O3/c19-13-3-4-14-12(10-13)11-15(20-14)17(23)21-5-7-22(8-6-21)18(24)16-2-1-9-25-16/h3-4,10-11,16,20H,1-2,5-9H2. The number of carbonyl (C=O) groups is 2. The summed E-state index contributed by atoms with van der Waals surface area (Å²) in [6.07, 6.45) is 1.45. The van der Waals surface area contributed by atoms with Gasteiger partial charge in [-0.05, 0) is 37.1 Å². The number of H-pyrrole nitrogens is 1. The van der Waals surface area contributed by atoms with Gasteiger partial charge in [-0.1, -0.05) is 11.6 Å². The molecule has 1 aromatic heterocycles. The Morgan fingerprint density at radius 1 is 1.12 bits per heavy atom. The number of aromatic nitrogens is 1. The van der Waals surface area contributed by atoms with E-state index in [2.05, 4.69) is 4.98 Å². The molecule has 2 aromatic rings. The predicted octanol–water partition coefficient (Wildman–Crippen LogP) is 2.28. The third-order valence-corrected chi connectivity index (χ3v) is 5.13. The number of fused-ring (bicyclic) bond motifs is 1. The second-order valence-corrected chi connectivity index (χ2v) is 6.97. The summed E-state index contributed by atoms with van der Waals surface area (Å²) in [5, 5.41) is 1.56. The monoisotopic (exact) mass is 361 g/mol. The number of halogens is 1. The molecule has 0 radical (unpaired) electrons. The Balaban J connectivity index is 1.41. The Hall–Kier alpha value is -2.05. The van der Waals surface area contributed by atoms with E-state index in [4.69, 9.17) is 16.3 Å². The number of hydrogen-bond acceptors (Lipinski definition) is 3. The number of carbonyl (C=O) groups excluding carboxylic acids is 2. The number of piperazine rings is 1. The quantitative estimate of drug-likeness (QED) is 0.892. The molecule has 1 unspecified atom stereocenters. The second-order valence-electron chi connectivity index (χ2n) is 6.53. The summed E-state index contributed by atoms with van der Waals surface area (Å²) in [7, 11) is 0. The van der Waals surface area contributed by atoms with Gasteiger partial charge < -0.3 is 19.5 Å². The smallest absolute Gasteiger partial charge is 0.270 e. The van der Waals surface area contributed by atoms with Gasteiger partial charge in [0, 0.05) is 48.7 Å². The zero-order valence-electron chi connectivity index (χ0n) is 13.8. The van der Waals surface area contributed by atoms with Gasteiger partial charge in [0.15, 0.2) is 0 Å². The Labute approximate surface area is 150 Å². The largest absolute Gasteiger partial charge is 0.368 e. The highest BCUT2D eigenvalue weighted by Gasteiger charge is 2.31. The highest BCUT2D eigenvalue weighted by atomic mass is 35.5. The average molecular weight is 362 g/mol. The van der Waals surface area contributed by atoms with Gasteiger partial charge in [0.25, 0.3) is 11.8 Å². The van der Waals surface area contributed by atoms with Gasteiger partial charge >= 0.3 is 0 Å². The van der Waals surface area contributed by atoms with Crippen molar-refractivity contribution in [2.75, 3.05) is 32.8 Å². The molecule has 25 heavy (non-hydrogen) atoms. The van der Waals surface area contributed by atoms with Crippen LogP contribution in [0.1, 0.15) is 23.3 Å². The molecule has 0 spiro atoms. The van der Waals surface area contributed by atoms with Crippen molar-refractivity contribution in [2.45, 2.75) is 18.9 Å². The first-order chi connectivity index (χ1) is 12.1. The topological polar surface area (TPSA) is 65.6 Å². The molecule has 0 bridgehead atoms. The Morgan fingerprint density at radius 3 is 2.60 bits per heavy atom. The van der Waals surface area contributed by atoms with Gasteiger partial charge in [-0.15, -0.1) is 0 Å². The molecular formula is C18H20ClN3O3. The molecule has 0 saturated carbocycles. The average Bonchev–Trinajstić information content (AvgIpc) is 3.30. The van der Waals surface area contributed by atoms with Crippen LogP contribution in [0.15, 0.2) is 24.3 Å². The Kier molecular flexibility index (Phi) is 4.39. The molecule has 1 N–H and O–H groups in total. The van der Waals surface area contributed by atoms with Crippen molar-refractivity contribution in [3.8, 4) is 0 Å². The zero-order chi connectivity index (χ0) is 17.4. The predicted molar refractivity (Wildman–Crippen MR) is 94.8 cm³/mol. The molecule has 6 nitrogen and oxygen atoms in total. The molecule has 0 aliphatic carbocycles. The normalized spacial score (nSPS) is 21.1. The van der Waals surface area contributed by atoms with E-state index in [0.29, 0.717) is 43.5 Å². The van der Waals surface area contributed by atoms with Crippen LogP contribution in [-0.4, -0.2) is 65.5 Å². The molecular weight excluding hydrogens is 342 g/mol. The first-order valence-electron chi connectivity index (χ1n) is 8.60. The molecule has 1 aromatic carbocycles. The summed E-state index contributed by atoms with van der Waals surface area (Å²) in [6.45, 7) is 2.84. The number of nitrogens with one attached hydrogen (secondary N) is 1. The molecule has 2 saturated heterocycles. The molecule has 1 atom stereocenters. The van der Waals surface area contributed by atoms with E-state index in [9.17, 15) is 9.59 Å². The van der Waals surface area contributed by atoms with Crippen molar-refractivity contribution < 1.29 is 14.3 Å². The van der Waals surface area contributed by atoms with Crippen LogP contribution in [0.3, 0.4) is 0 Å². The van der Waals surface area contributed by atoms with E-state index >= 15 is 0 Å². The van der Waals surface area contributed by atoms with Gasteiger partial charge in [-0.2, -0.15) is 0 Å². The van der Waals surface area contributed by atoms with Crippen LogP contribution in [-0.2, 0) is 9.53 Å². The van der Waals surface area contributed by atoms with Crippen molar-refractivity contribution in [2.24, 2.45) is 0 Å². The molecule has 2 amide bonds. The lowest BCUT2D eigenvalue weighted by Gasteiger charge is -2.35. The third kappa shape index (κ3) is 3.24. The lowest BCUT2D eigenvalue weighted by atomic mass is 10.2. The summed E-state index contributed by atoms with van der Waals surface area (Å²) in [5.41, 5.74) is 1.44. The van der Waals surface area contributed by atoms with Crippen molar-refractivity contribution in [3.05, 3.63) is 35.0 Å². The summed E-state index contributed by atoms with van der Waals surface area (Å²) in [6, 6.07) is 7.33. The summed E-state index contributed by atoms with van der Waals surface area (Å²) in [4.78, 5) is 31.8. The van der Waals surface area contributed by atoms with E-state index in [-0.39, 0.29) is 17.9 Å². The molecule has 2 aliphatic heterocycles. The van der Waals surface area contributed by atoms with Gasteiger partial charge in [-0.25, -0.2) is 0 Å². The van der Waals surface area contributed by atoms with E-state index in [1.807, 2.05) is 23.1 Å². The maximum absolute atomic E-state index is 12.7. The highest BCUT2D eigenvalue weighted by molar-refractivity contribution is 6.31. The number of aromatic amines is 1. The highest BCUT2D eigenvalue weighted by Crippen LogP contribution is 2.21. The Morgan fingerprint density at radius 2 is 1.88 bits per heavy atom. The minimum atomic E-state index is -0.291. The number of hydrogen-bond donors (Lipinski definition) is 1. The number of nitrogens with zero attached hydrogens (tertiary/aromatic N) is 2. The van der Waals surface area contributed by atoms with Crippen molar-refractivity contribution in [1.82, 2.24) is 14.8 Å². The van der Waals surface area contributed by atoms with E-state index in [1.165, 1.54) is 0 Å². The fourth-order valence-electron chi connectivity index (χ4n) is 3.50. The Bertz CT molecular complexity index is 805. The number of amides is 2. The number of ether oxygens (including phenoxy) is 1. The zero-order valence-corrected chi connectivity index (χ0v) is 14.6. The lowest BCUT2D eigenvalue weighted by Crippen LogP contribution is -2.52. The first-order valence-corrected chi connectivity index (χ1v) is 8.97. The molecule has 2 fully saturated rings. The summed E-state index contributed by atoms with van der Waals surface area (Å²) < 4.78 is 5.47. The minimum absolute atomic E-state index is 0.0449. The van der Waals surface area contributed by atoms with E-state index < -0.39 is 0 Å². The third-order valence-electron chi connectivity index (χ3n) is 4.90. The van der Waals surface area contributed by atoms with Crippen LogP contribution in [0, 0.1) is 0 Å². The fourth-order valence-corrected chi connectivity index (χ4v) is 3.68. The van der Waals surface area contributed by atoms with Crippen LogP contribution in [0.4, 0.5) is 0 Å². The lowest BCUT2D eigenvalue weighted by molar-refractivity contribution is -0.142. The van der Waals surface area contributed by atoms with Gasteiger partial charge in [0.1, 0.15) is 11.8 Å². The van der Waals surface area contributed by atoms with Crippen molar-refractivity contribution in [1.29, 1.82) is 0 Å². The van der Waals surface area contributed by atoms with E-state index in [1.54, 1.807) is 11.0 Å². The second kappa shape index (κ2) is 6.69. The molecule has 3 heterocycles. The summed E-state index contributed by atoms with van der Waals surface area (Å²) >= 11 is 6.00. The first kappa shape index (κ1) is 16.4. The van der Waals surface area contributed by atoms with Gasteiger partial charge in [0.2, 0.25) is 0 Å². The van der Waals surface area contributed by atoms with Gasteiger partial charge in [-0.3, -0.25) is 9.59 Å². The molecule has 7 heteroatoms. The van der Waals surface area contributed by atoms with Gasteiger partial charge in [0.05, 0.1) is 0 Å². The van der Waals surface area contributed by atoms with Crippen LogP contribution in [0.25, 0.3) is 10.9 Å². The van der Waals surface area contributed by atoms with Crippen molar-refractivity contribution >= 4 is 34.3 Å². The van der Waals surface area contributed by atoms with Crippen LogP contribution in [0.2, 0.25) is 5.02 Å². The molecule has 2 aliphatic rings. The van der Waals surface area contributed by atoms with Crippen LogP contribution >= 0.6 is 11.6 Å². The maximum atomic E-state index is 12.7. The number of rotatable bonds is 2. The number of benzene rings is 1. The molecule has 132 valence electrons. The fraction of sp³-hybridized carbons (Fsp3) is 0.444.